The lowest BCUT2D eigenvalue weighted by Crippen LogP contribution is -2.53. The number of carbonyl (C=O) groups is 1. The van der Waals surface area contributed by atoms with E-state index in [9.17, 15) is 9.18 Å². The van der Waals surface area contributed by atoms with Gasteiger partial charge in [0.05, 0.1) is 18.6 Å². The van der Waals surface area contributed by atoms with E-state index in [1.807, 2.05) is 6.92 Å². The zero-order valence-corrected chi connectivity index (χ0v) is 20.2. The van der Waals surface area contributed by atoms with Crippen LogP contribution in [0.5, 0.6) is 0 Å². The van der Waals surface area contributed by atoms with Gasteiger partial charge >= 0.3 is 0 Å². The van der Waals surface area contributed by atoms with Gasteiger partial charge in [0, 0.05) is 17.3 Å². The van der Waals surface area contributed by atoms with Crippen LogP contribution in [0.1, 0.15) is 67.1 Å². The number of alkyl halides is 1. The topological polar surface area (TPSA) is 58.1 Å². The lowest BCUT2D eigenvalue weighted by Gasteiger charge is -2.38. The van der Waals surface area contributed by atoms with Crippen molar-refractivity contribution in [3.63, 3.8) is 0 Å². The highest BCUT2D eigenvalue weighted by atomic mass is 19.1. The van der Waals surface area contributed by atoms with Crippen molar-refractivity contribution in [1.82, 2.24) is 14.9 Å². The number of anilines is 1. The molecule has 1 saturated heterocycles. The zero-order valence-electron chi connectivity index (χ0n) is 20.2. The van der Waals surface area contributed by atoms with Crippen molar-refractivity contribution in [2.24, 2.45) is 5.92 Å². The number of aromatic nitrogens is 2. The number of carbonyl (C=O) groups excluding carboxylic acids is 1. The third-order valence-corrected chi connectivity index (χ3v) is 7.42. The summed E-state index contributed by atoms with van der Waals surface area (Å²) in [4.78, 5) is 23.7. The van der Waals surface area contributed by atoms with Gasteiger partial charge < -0.3 is 10.2 Å². The standard InChI is InChI=1S/C28H33FN4O/c1-17-5-4-6-22(13-17)18(2)30-27-25-14-23(11-12-26(25)31-19(3)32-27)20-7-9-21(10-8-20)28(34)33-15-24(29)16-33/h4-6,11-14,18,20-21,24H,7-10,15-16H2,1-3H3,(H,30,31,32)/t18-,20?,21?/m1/s1. The summed E-state index contributed by atoms with van der Waals surface area (Å²) in [5, 5.41) is 4.66. The van der Waals surface area contributed by atoms with Crippen molar-refractivity contribution in [1.29, 1.82) is 0 Å². The van der Waals surface area contributed by atoms with Gasteiger partial charge in [0.15, 0.2) is 0 Å². The number of nitrogens with one attached hydrogen (secondary N) is 1. The molecular weight excluding hydrogens is 427 g/mol. The molecule has 2 fully saturated rings. The van der Waals surface area contributed by atoms with Crippen LogP contribution in [0.15, 0.2) is 42.5 Å². The summed E-state index contributed by atoms with van der Waals surface area (Å²) in [5.74, 6) is 2.22. The highest BCUT2D eigenvalue weighted by Crippen LogP contribution is 2.38. The molecule has 0 spiro atoms. The second-order valence-corrected chi connectivity index (χ2v) is 10.1. The van der Waals surface area contributed by atoms with Crippen LogP contribution in [-0.4, -0.2) is 40.0 Å². The predicted octanol–water partition coefficient (Wildman–Crippen LogP) is 5.87. The van der Waals surface area contributed by atoms with E-state index in [-0.39, 0.29) is 31.0 Å². The number of hydrogen-bond acceptors (Lipinski definition) is 4. The Labute approximate surface area is 200 Å². The van der Waals surface area contributed by atoms with Crippen LogP contribution >= 0.6 is 0 Å². The van der Waals surface area contributed by atoms with Gasteiger partial charge in [0.25, 0.3) is 0 Å². The third kappa shape index (κ3) is 4.63. The largest absolute Gasteiger partial charge is 0.363 e. The number of rotatable bonds is 5. The summed E-state index contributed by atoms with van der Waals surface area (Å²) in [6.07, 6.45) is 2.86. The Kier molecular flexibility index (Phi) is 6.24. The molecule has 5 rings (SSSR count). The molecule has 2 aromatic carbocycles. The van der Waals surface area contributed by atoms with Crippen molar-refractivity contribution in [3.8, 4) is 0 Å². The Balaban J connectivity index is 1.33. The van der Waals surface area contributed by atoms with Crippen LogP contribution in [-0.2, 0) is 4.79 Å². The maximum absolute atomic E-state index is 13.1. The minimum absolute atomic E-state index is 0.0441. The van der Waals surface area contributed by atoms with Crippen LogP contribution in [0.4, 0.5) is 10.2 Å². The number of aryl methyl sites for hydroxylation is 2. The molecule has 0 bridgehead atoms. The predicted molar refractivity (Wildman–Crippen MR) is 134 cm³/mol. The van der Waals surface area contributed by atoms with E-state index in [1.165, 1.54) is 16.7 Å². The molecule has 2 aliphatic rings. The number of likely N-dealkylation sites (tertiary alicyclic amines) is 1. The average Bonchev–Trinajstić information content (AvgIpc) is 2.81. The van der Waals surface area contributed by atoms with E-state index in [0.29, 0.717) is 5.92 Å². The molecule has 1 atom stereocenters. The summed E-state index contributed by atoms with van der Waals surface area (Å²) in [5.41, 5.74) is 4.69. The molecule has 5 nitrogen and oxygen atoms in total. The molecule has 34 heavy (non-hydrogen) atoms. The lowest BCUT2D eigenvalue weighted by molar-refractivity contribution is -0.143. The SMILES string of the molecule is Cc1cccc([C@@H](C)Nc2nc(C)nc3ccc(C4CCC(C(=O)N5CC(F)C5)CC4)cc23)c1. The first-order valence-corrected chi connectivity index (χ1v) is 12.4. The van der Waals surface area contributed by atoms with Crippen LogP contribution in [0.25, 0.3) is 10.9 Å². The second kappa shape index (κ2) is 9.32. The first-order chi connectivity index (χ1) is 16.4. The molecular formula is C28H33FN4O. The molecule has 1 aliphatic carbocycles. The average molecular weight is 461 g/mol. The molecule has 6 heteroatoms. The molecule has 1 aromatic heterocycles. The molecule has 3 aromatic rings. The molecule has 0 radical (unpaired) electrons. The quantitative estimate of drug-likeness (QED) is 0.517. The molecule has 2 heterocycles. The summed E-state index contributed by atoms with van der Waals surface area (Å²) in [6.45, 7) is 6.75. The Morgan fingerprint density at radius 1 is 1.06 bits per heavy atom. The van der Waals surface area contributed by atoms with E-state index in [2.05, 4.69) is 66.6 Å². The minimum atomic E-state index is -0.833. The monoisotopic (exact) mass is 460 g/mol. The lowest BCUT2D eigenvalue weighted by atomic mass is 9.77. The van der Waals surface area contributed by atoms with Crippen LogP contribution < -0.4 is 5.32 Å². The first kappa shape index (κ1) is 22.8. The van der Waals surface area contributed by atoms with Gasteiger partial charge in [-0.05, 0) is 75.6 Å². The fourth-order valence-electron chi connectivity index (χ4n) is 5.39. The highest BCUT2D eigenvalue weighted by molar-refractivity contribution is 5.90. The van der Waals surface area contributed by atoms with Crippen molar-refractivity contribution < 1.29 is 9.18 Å². The number of benzene rings is 2. The summed E-state index contributed by atoms with van der Waals surface area (Å²) in [7, 11) is 0. The highest BCUT2D eigenvalue weighted by Gasteiger charge is 2.36. The number of amides is 1. The smallest absolute Gasteiger partial charge is 0.225 e. The Bertz CT molecular complexity index is 1200. The molecule has 0 unspecified atom stereocenters. The normalized spacial score (nSPS) is 21.8. The number of nitrogens with zero attached hydrogens (tertiary/aromatic N) is 3. The van der Waals surface area contributed by atoms with Crippen molar-refractivity contribution >= 4 is 22.6 Å². The molecule has 1 amide bonds. The Morgan fingerprint density at radius 3 is 2.53 bits per heavy atom. The van der Waals surface area contributed by atoms with Gasteiger partial charge in [-0.2, -0.15) is 0 Å². The van der Waals surface area contributed by atoms with Gasteiger partial charge in [0.1, 0.15) is 17.8 Å². The molecule has 1 N–H and O–H groups in total. The van der Waals surface area contributed by atoms with E-state index < -0.39 is 6.17 Å². The van der Waals surface area contributed by atoms with Crippen molar-refractivity contribution in [2.45, 2.75) is 64.6 Å². The number of halogens is 1. The van der Waals surface area contributed by atoms with Crippen LogP contribution in [0.3, 0.4) is 0 Å². The zero-order chi connectivity index (χ0) is 23.8. The Morgan fingerprint density at radius 2 is 1.82 bits per heavy atom. The van der Waals surface area contributed by atoms with Gasteiger partial charge in [-0.1, -0.05) is 35.9 Å². The van der Waals surface area contributed by atoms with E-state index in [4.69, 9.17) is 4.98 Å². The minimum Gasteiger partial charge on any atom is -0.363 e. The van der Waals surface area contributed by atoms with E-state index in [0.717, 1.165) is 48.2 Å². The fraction of sp³-hybridized carbons (Fsp3) is 0.464. The maximum Gasteiger partial charge on any atom is 0.225 e. The third-order valence-electron chi connectivity index (χ3n) is 7.42. The van der Waals surface area contributed by atoms with E-state index >= 15 is 0 Å². The molecule has 1 aliphatic heterocycles. The van der Waals surface area contributed by atoms with Gasteiger partial charge in [-0.3, -0.25) is 4.79 Å². The van der Waals surface area contributed by atoms with Gasteiger partial charge in [0.2, 0.25) is 5.91 Å². The summed E-state index contributed by atoms with van der Waals surface area (Å²) < 4.78 is 13.1. The van der Waals surface area contributed by atoms with E-state index in [1.54, 1.807) is 4.90 Å². The van der Waals surface area contributed by atoms with Crippen molar-refractivity contribution in [3.05, 3.63) is 65.0 Å². The first-order valence-electron chi connectivity index (χ1n) is 12.4. The fourth-order valence-corrected chi connectivity index (χ4v) is 5.39. The second-order valence-electron chi connectivity index (χ2n) is 10.1. The maximum atomic E-state index is 13.1. The molecule has 178 valence electrons. The van der Waals surface area contributed by atoms with Crippen LogP contribution in [0.2, 0.25) is 0 Å². The number of fused-ring (bicyclic) bond motifs is 1. The summed E-state index contributed by atoms with van der Waals surface area (Å²) >= 11 is 0. The van der Waals surface area contributed by atoms with Crippen LogP contribution in [0, 0.1) is 19.8 Å². The van der Waals surface area contributed by atoms with Crippen molar-refractivity contribution in [2.75, 3.05) is 18.4 Å². The van der Waals surface area contributed by atoms with Gasteiger partial charge in [-0.15, -0.1) is 0 Å². The summed E-state index contributed by atoms with van der Waals surface area (Å²) in [6, 6.07) is 15.2. The Hall–Kier alpha value is -3.02. The molecule has 1 saturated carbocycles. The van der Waals surface area contributed by atoms with Gasteiger partial charge in [-0.25, -0.2) is 14.4 Å². The number of hydrogen-bond donors (Lipinski definition) is 1.